The molecular formula is C17H22N4O3. The molecule has 0 atom stereocenters. The second-order valence-corrected chi connectivity index (χ2v) is 6.13. The maximum absolute atomic E-state index is 12.1. The number of urea groups is 1. The number of aromatic amines is 1. The quantitative estimate of drug-likeness (QED) is 0.733. The second-order valence-electron chi connectivity index (χ2n) is 6.13. The van der Waals surface area contributed by atoms with Crippen molar-refractivity contribution in [2.45, 2.75) is 31.6 Å². The van der Waals surface area contributed by atoms with E-state index in [1.165, 1.54) is 0 Å². The van der Waals surface area contributed by atoms with Crippen LogP contribution in [0.15, 0.2) is 24.3 Å². The highest BCUT2D eigenvalue weighted by Gasteiger charge is 2.25. The molecule has 1 aliphatic heterocycles. The number of H-pyrrole nitrogens is 1. The summed E-state index contributed by atoms with van der Waals surface area (Å²) in [6.07, 6.45) is 2.29. The van der Waals surface area contributed by atoms with Gasteiger partial charge in [0.15, 0.2) is 0 Å². The van der Waals surface area contributed by atoms with Crippen LogP contribution in [0.3, 0.4) is 0 Å². The number of carboxylic acids is 1. The van der Waals surface area contributed by atoms with Gasteiger partial charge in [0, 0.05) is 32.0 Å². The summed E-state index contributed by atoms with van der Waals surface area (Å²) in [6.45, 7) is 1.77. The fourth-order valence-corrected chi connectivity index (χ4v) is 3.07. The number of piperidine rings is 1. The molecule has 2 amide bonds. The van der Waals surface area contributed by atoms with Crippen molar-refractivity contribution in [3.63, 3.8) is 0 Å². The summed E-state index contributed by atoms with van der Waals surface area (Å²) in [5, 5.41) is 11.4. The Morgan fingerprint density at radius 2 is 2.04 bits per heavy atom. The molecule has 1 aromatic heterocycles. The van der Waals surface area contributed by atoms with Gasteiger partial charge in [-0.25, -0.2) is 9.78 Å². The molecule has 1 fully saturated rings. The lowest BCUT2D eigenvalue weighted by atomic mass is 9.96. The third-order valence-electron chi connectivity index (χ3n) is 4.42. The number of imidazole rings is 1. The van der Waals surface area contributed by atoms with Gasteiger partial charge in [0.2, 0.25) is 0 Å². The van der Waals surface area contributed by atoms with Crippen molar-refractivity contribution >= 4 is 23.0 Å². The lowest BCUT2D eigenvalue weighted by Crippen LogP contribution is -2.44. The second kappa shape index (κ2) is 7.33. The minimum absolute atomic E-state index is 0.0778. The molecule has 1 saturated heterocycles. The summed E-state index contributed by atoms with van der Waals surface area (Å²) in [5.74, 6) is 0.502. The van der Waals surface area contributed by atoms with E-state index in [1.54, 1.807) is 4.90 Å². The molecule has 7 nitrogen and oxygen atoms in total. The van der Waals surface area contributed by atoms with Crippen LogP contribution in [0.25, 0.3) is 11.0 Å². The molecule has 2 heterocycles. The van der Waals surface area contributed by atoms with E-state index in [-0.39, 0.29) is 12.5 Å². The van der Waals surface area contributed by atoms with Crippen molar-refractivity contribution in [3.8, 4) is 0 Å². The summed E-state index contributed by atoms with van der Waals surface area (Å²) in [5.41, 5.74) is 2.03. The molecule has 0 saturated carbocycles. The molecule has 0 bridgehead atoms. The van der Waals surface area contributed by atoms with Crippen LogP contribution in [-0.4, -0.2) is 51.6 Å². The van der Waals surface area contributed by atoms with E-state index in [1.807, 2.05) is 24.3 Å². The summed E-state index contributed by atoms with van der Waals surface area (Å²) in [6, 6.07) is 7.87. The number of hydrogen-bond donors (Lipinski definition) is 3. The van der Waals surface area contributed by atoms with Gasteiger partial charge in [-0.1, -0.05) is 12.1 Å². The van der Waals surface area contributed by atoms with Crippen LogP contribution >= 0.6 is 0 Å². The average Bonchev–Trinajstić information content (AvgIpc) is 3.02. The Kier molecular flexibility index (Phi) is 4.98. The lowest BCUT2D eigenvalue weighted by Gasteiger charge is -2.31. The van der Waals surface area contributed by atoms with Crippen molar-refractivity contribution in [1.29, 1.82) is 0 Å². The number of benzene rings is 1. The number of amides is 2. The smallest absolute Gasteiger partial charge is 0.317 e. The standard InChI is InChI=1S/C17H22N4O3/c22-15(23)6-3-9-18-17(24)21-10-7-12(8-11-21)16-19-13-4-1-2-5-14(13)20-16/h1-2,4-5,12H,3,6-11H2,(H,18,24)(H,19,20)(H,22,23). The zero-order valence-corrected chi connectivity index (χ0v) is 13.5. The van der Waals surface area contributed by atoms with Crippen LogP contribution < -0.4 is 5.32 Å². The van der Waals surface area contributed by atoms with E-state index in [9.17, 15) is 9.59 Å². The summed E-state index contributed by atoms with van der Waals surface area (Å²) < 4.78 is 0. The fourth-order valence-electron chi connectivity index (χ4n) is 3.07. The van der Waals surface area contributed by atoms with Crippen LogP contribution in [0.5, 0.6) is 0 Å². The SMILES string of the molecule is O=C(O)CCCNC(=O)N1CCC(c2nc3ccccc3[nH]2)CC1. The monoisotopic (exact) mass is 330 g/mol. The molecule has 7 heteroatoms. The number of fused-ring (bicyclic) bond motifs is 1. The van der Waals surface area contributed by atoms with Crippen LogP contribution in [-0.2, 0) is 4.79 Å². The van der Waals surface area contributed by atoms with E-state index in [0.29, 0.717) is 32.0 Å². The van der Waals surface area contributed by atoms with Gasteiger partial charge in [-0.05, 0) is 31.4 Å². The van der Waals surface area contributed by atoms with Crippen LogP contribution in [0.4, 0.5) is 4.79 Å². The largest absolute Gasteiger partial charge is 0.481 e. The van der Waals surface area contributed by atoms with E-state index in [0.717, 1.165) is 29.7 Å². The van der Waals surface area contributed by atoms with Gasteiger partial charge in [0.1, 0.15) is 5.82 Å². The number of carbonyl (C=O) groups excluding carboxylic acids is 1. The van der Waals surface area contributed by atoms with Crippen molar-refractivity contribution in [3.05, 3.63) is 30.1 Å². The topological polar surface area (TPSA) is 98.3 Å². The average molecular weight is 330 g/mol. The highest BCUT2D eigenvalue weighted by molar-refractivity contribution is 5.75. The first-order valence-electron chi connectivity index (χ1n) is 8.32. The van der Waals surface area contributed by atoms with Crippen molar-refractivity contribution in [2.75, 3.05) is 19.6 Å². The minimum atomic E-state index is -0.837. The maximum atomic E-state index is 12.1. The Hall–Kier alpha value is -2.57. The van der Waals surface area contributed by atoms with Gasteiger partial charge in [-0.15, -0.1) is 0 Å². The van der Waals surface area contributed by atoms with Gasteiger partial charge < -0.3 is 20.3 Å². The third kappa shape index (κ3) is 3.84. The first-order valence-corrected chi connectivity index (χ1v) is 8.32. The molecular weight excluding hydrogens is 308 g/mol. The number of rotatable bonds is 5. The summed E-state index contributed by atoms with van der Waals surface area (Å²) in [7, 11) is 0. The highest BCUT2D eigenvalue weighted by Crippen LogP contribution is 2.27. The summed E-state index contributed by atoms with van der Waals surface area (Å²) >= 11 is 0. The van der Waals surface area contributed by atoms with Gasteiger partial charge in [0.05, 0.1) is 11.0 Å². The van der Waals surface area contributed by atoms with Crippen LogP contribution in [0.2, 0.25) is 0 Å². The van der Waals surface area contributed by atoms with Crippen molar-refractivity contribution in [1.82, 2.24) is 20.2 Å². The number of aromatic nitrogens is 2. The van der Waals surface area contributed by atoms with Crippen molar-refractivity contribution < 1.29 is 14.7 Å². The number of nitrogens with one attached hydrogen (secondary N) is 2. The fraction of sp³-hybridized carbons (Fsp3) is 0.471. The van der Waals surface area contributed by atoms with Crippen LogP contribution in [0, 0.1) is 0 Å². The van der Waals surface area contributed by atoms with Crippen LogP contribution in [0.1, 0.15) is 37.4 Å². The first kappa shape index (κ1) is 16.3. The molecule has 3 N–H and O–H groups in total. The first-order chi connectivity index (χ1) is 11.6. The number of likely N-dealkylation sites (tertiary alicyclic amines) is 1. The molecule has 2 aromatic rings. The molecule has 0 aliphatic carbocycles. The van der Waals surface area contributed by atoms with Gasteiger partial charge in [-0.2, -0.15) is 0 Å². The molecule has 3 rings (SSSR count). The third-order valence-corrected chi connectivity index (χ3v) is 4.42. The Bertz CT molecular complexity index is 686. The molecule has 1 aromatic carbocycles. The summed E-state index contributed by atoms with van der Waals surface area (Å²) in [4.78, 5) is 32.3. The zero-order chi connectivity index (χ0) is 16.9. The number of carbonyl (C=O) groups is 2. The van der Waals surface area contributed by atoms with E-state index < -0.39 is 5.97 Å². The number of para-hydroxylation sites is 2. The Labute approximate surface area is 140 Å². The molecule has 1 aliphatic rings. The van der Waals surface area contributed by atoms with E-state index in [4.69, 9.17) is 5.11 Å². The van der Waals surface area contributed by atoms with Gasteiger partial charge in [0.25, 0.3) is 0 Å². The number of aliphatic carboxylic acids is 1. The number of carboxylic acid groups (broad SMARTS) is 1. The molecule has 0 spiro atoms. The molecule has 0 radical (unpaired) electrons. The minimum Gasteiger partial charge on any atom is -0.481 e. The maximum Gasteiger partial charge on any atom is 0.317 e. The Morgan fingerprint density at radius 1 is 1.29 bits per heavy atom. The molecule has 0 unspecified atom stereocenters. The van der Waals surface area contributed by atoms with E-state index in [2.05, 4.69) is 15.3 Å². The van der Waals surface area contributed by atoms with E-state index >= 15 is 0 Å². The zero-order valence-electron chi connectivity index (χ0n) is 13.5. The lowest BCUT2D eigenvalue weighted by molar-refractivity contribution is -0.137. The molecule has 24 heavy (non-hydrogen) atoms. The Balaban J connectivity index is 1.48. The highest BCUT2D eigenvalue weighted by atomic mass is 16.4. The predicted octanol–water partition coefficient (Wildman–Crippen LogP) is 2.32. The number of hydrogen-bond acceptors (Lipinski definition) is 3. The number of nitrogens with zero attached hydrogens (tertiary/aromatic N) is 2. The van der Waals surface area contributed by atoms with Crippen molar-refractivity contribution in [2.24, 2.45) is 0 Å². The Morgan fingerprint density at radius 3 is 2.75 bits per heavy atom. The van der Waals surface area contributed by atoms with Gasteiger partial charge in [-0.3, -0.25) is 4.79 Å². The predicted molar refractivity (Wildman–Crippen MR) is 89.9 cm³/mol. The van der Waals surface area contributed by atoms with Gasteiger partial charge >= 0.3 is 12.0 Å². The normalized spacial score (nSPS) is 15.6. The molecule has 128 valence electrons.